The molecule has 2 aromatic carbocycles. The Hall–Kier alpha value is -2.38. The highest BCUT2D eigenvalue weighted by molar-refractivity contribution is 7.90. The van der Waals surface area contributed by atoms with Gasteiger partial charge in [0.2, 0.25) is 10.0 Å². The van der Waals surface area contributed by atoms with Gasteiger partial charge in [0.15, 0.2) is 0 Å². The van der Waals surface area contributed by atoms with Crippen LogP contribution in [0.3, 0.4) is 0 Å². The van der Waals surface area contributed by atoms with E-state index in [0.29, 0.717) is 0 Å². The first kappa shape index (κ1) is 20.5. The van der Waals surface area contributed by atoms with E-state index in [1.807, 2.05) is 18.2 Å². The topological polar surface area (TPSA) is 78.5 Å². The van der Waals surface area contributed by atoms with Crippen LogP contribution in [0.5, 0.6) is 0 Å². The van der Waals surface area contributed by atoms with Crippen molar-refractivity contribution in [2.75, 3.05) is 24.2 Å². The monoisotopic (exact) mass is 439 g/mol. The molecule has 164 valence electrons. The molecule has 2 aromatic rings. The molecule has 0 unspecified atom stereocenters. The Morgan fingerprint density at radius 2 is 1.61 bits per heavy atom. The molecule has 31 heavy (non-hydrogen) atoms. The molecule has 0 aromatic heterocycles. The van der Waals surface area contributed by atoms with Crippen LogP contribution in [0.4, 0.5) is 10.5 Å². The van der Waals surface area contributed by atoms with Crippen LogP contribution in [0, 0.1) is 5.92 Å². The van der Waals surface area contributed by atoms with Gasteiger partial charge in [-0.15, -0.1) is 0 Å². The average Bonchev–Trinajstić information content (AvgIpc) is 3.35. The SMILES string of the molecule is O=C(Nc1c2c(cc3c1CCC3)CCC2)NS(=O)(=O)CC1CN(Cc2ccccc2)C1. The maximum absolute atomic E-state index is 12.6. The summed E-state index contributed by atoms with van der Waals surface area (Å²) in [4.78, 5) is 14.8. The van der Waals surface area contributed by atoms with Gasteiger partial charge in [-0.3, -0.25) is 4.90 Å². The van der Waals surface area contributed by atoms with Crippen molar-refractivity contribution in [3.8, 4) is 0 Å². The van der Waals surface area contributed by atoms with E-state index < -0.39 is 16.1 Å². The molecule has 0 atom stereocenters. The quantitative estimate of drug-likeness (QED) is 0.724. The second-order valence-corrected chi connectivity index (χ2v) is 10.9. The molecule has 2 amide bonds. The van der Waals surface area contributed by atoms with Crippen LogP contribution in [0.25, 0.3) is 0 Å². The lowest BCUT2D eigenvalue weighted by atomic mass is 9.99. The zero-order valence-electron chi connectivity index (χ0n) is 17.7. The van der Waals surface area contributed by atoms with Crippen molar-refractivity contribution in [1.29, 1.82) is 0 Å². The molecule has 6 nitrogen and oxygen atoms in total. The number of anilines is 1. The molecule has 5 rings (SSSR count). The number of urea groups is 1. The number of amides is 2. The van der Waals surface area contributed by atoms with Gasteiger partial charge in [0, 0.05) is 31.2 Å². The fourth-order valence-electron chi connectivity index (χ4n) is 5.35. The first-order valence-electron chi connectivity index (χ1n) is 11.2. The summed E-state index contributed by atoms with van der Waals surface area (Å²) < 4.78 is 27.4. The predicted molar refractivity (Wildman–Crippen MR) is 122 cm³/mol. The van der Waals surface area contributed by atoms with E-state index in [4.69, 9.17) is 0 Å². The maximum atomic E-state index is 12.6. The zero-order chi connectivity index (χ0) is 21.4. The van der Waals surface area contributed by atoms with Gasteiger partial charge < -0.3 is 5.32 Å². The number of nitrogens with one attached hydrogen (secondary N) is 2. The highest BCUT2D eigenvalue weighted by atomic mass is 32.2. The highest BCUT2D eigenvalue weighted by Gasteiger charge is 2.32. The van der Waals surface area contributed by atoms with E-state index in [2.05, 4.69) is 33.1 Å². The molecule has 1 aliphatic heterocycles. The Morgan fingerprint density at radius 1 is 0.968 bits per heavy atom. The Bertz CT molecular complexity index is 1060. The Labute approximate surface area is 184 Å². The van der Waals surface area contributed by atoms with Crippen molar-refractivity contribution in [1.82, 2.24) is 9.62 Å². The second kappa shape index (κ2) is 8.28. The Kier molecular flexibility index (Phi) is 5.48. The molecule has 2 N–H and O–H groups in total. The van der Waals surface area contributed by atoms with Gasteiger partial charge in [-0.1, -0.05) is 36.4 Å². The first-order chi connectivity index (χ1) is 15.0. The molecule has 7 heteroatoms. The molecule has 1 heterocycles. The van der Waals surface area contributed by atoms with Crippen molar-refractivity contribution in [2.24, 2.45) is 5.92 Å². The molecule has 0 saturated carbocycles. The molecule has 2 aliphatic carbocycles. The van der Waals surface area contributed by atoms with Crippen molar-refractivity contribution in [3.63, 3.8) is 0 Å². The third kappa shape index (κ3) is 4.48. The van der Waals surface area contributed by atoms with Crippen LogP contribution in [0.1, 0.15) is 40.7 Å². The van der Waals surface area contributed by atoms with Crippen molar-refractivity contribution in [2.45, 2.75) is 45.1 Å². The molecule has 3 aliphatic rings. The zero-order valence-corrected chi connectivity index (χ0v) is 18.5. The molecule has 1 fully saturated rings. The lowest BCUT2D eigenvalue weighted by Crippen LogP contribution is -2.50. The average molecular weight is 440 g/mol. The van der Waals surface area contributed by atoms with Gasteiger partial charge in [0.05, 0.1) is 5.75 Å². The Morgan fingerprint density at radius 3 is 2.26 bits per heavy atom. The van der Waals surface area contributed by atoms with Crippen LogP contribution in [0.2, 0.25) is 0 Å². The largest absolute Gasteiger partial charge is 0.332 e. The summed E-state index contributed by atoms with van der Waals surface area (Å²) in [6, 6.07) is 11.8. The van der Waals surface area contributed by atoms with E-state index in [1.165, 1.54) is 27.8 Å². The minimum absolute atomic E-state index is 0.0171. The van der Waals surface area contributed by atoms with Crippen LogP contribution < -0.4 is 10.0 Å². The Balaban J connectivity index is 1.17. The summed E-state index contributed by atoms with van der Waals surface area (Å²) in [5.41, 5.74) is 7.11. The fraction of sp³-hybridized carbons (Fsp3) is 0.458. The minimum atomic E-state index is -3.67. The molecule has 0 spiro atoms. The smallest absolute Gasteiger partial charge is 0.307 e. The van der Waals surface area contributed by atoms with Crippen LogP contribution >= 0.6 is 0 Å². The number of nitrogens with zero attached hydrogens (tertiary/aromatic N) is 1. The second-order valence-electron chi connectivity index (χ2n) is 9.12. The number of carbonyl (C=O) groups excluding carboxylic acids is 1. The number of benzene rings is 2. The standard InChI is InChI=1S/C24H29N3O3S/c28-24(25-23-21-10-4-8-19(21)12-20-9-5-11-22(20)23)26-31(29,30)16-18-14-27(15-18)13-17-6-2-1-3-7-17/h1-3,6-7,12,18H,4-5,8-11,13-16H2,(H2,25,26,28). The predicted octanol–water partition coefficient (Wildman–Crippen LogP) is 3.25. The van der Waals surface area contributed by atoms with E-state index in [0.717, 1.165) is 63.8 Å². The summed E-state index contributed by atoms with van der Waals surface area (Å²) in [5.74, 6) is 0.0377. The van der Waals surface area contributed by atoms with Crippen LogP contribution in [0.15, 0.2) is 36.4 Å². The number of likely N-dealkylation sites (tertiary alicyclic amines) is 1. The molecule has 0 bridgehead atoms. The van der Waals surface area contributed by atoms with Gasteiger partial charge >= 0.3 is 6.03 Å². The molecule has 1 saturated heterocycles. The number of carbonyl (C=O) groups is 1. The van der Waals surface area contributed by atoms with Gasteiger partial charge in [0.1, 0.15) is 0 Å². The van der Waals surface area contributed by atoms with Crippen molar-refractivity contribution >= 4 is 21.7 Å². The summed E-state index contributed by atoms with van der Waals surface area (Å²) in [5, 5.41) is 2.91. The highest BCUT2D eigenvalue weighted by Crippen LogP contribution is 2.38. The first-order valence-corrected chi connectivity index (χ1v) is 12.9. The van der Waals surface area contributed by atoms with Crippen LogP contribution in [-0.2, 0) is 42.3 Å². The number of fused-ring (bicyclic) bond motifs is 2. The summed E-state index contributed by atoms with van der Waals surface area (Å²) >= 11 is 0. The molecular weight excluding hydrogens is 410 g/mol. The minimum Gasteiger partial charge on any atom is -0.307 e. The van der Waals surface area contributed by atoms with Crippen molar-refractivity contribution in [3.05, 3.63) is 64.2 Å². The van der Waals surface area contributed by atoms with Crippen LogP contribution in [-0.4, -0.2) is 38.2 Å². The van der Waals surface area contributed by atoms with E-state index in [1.54, 1.807) is 0 Å². The summed E-state index contributed by atoms with van der Waals surface area (Å²) in [7, 11) is -3.67. The summed E-state index contributed by atoms with van der Waals surface area (Å²) in [6.45, 7) is 2.30. The number of hydrogen-bond acceptors (Lipinski definition) is 4. The number of rotatable bonds is 6. The maximum Gasteiger partial charge on any atom is 0.332 e. The third-order valence-electron chi connectivity index (χ3n) is 6.70. The van der Waals surface area contributed by atoms with E-state index in [9.17, 15) is 13.2 Å². The lowest BCUT2D eigenvalue weighted by molar-refractivity contribution is 0.106. The third-order valence-corrected chi connectivity index (χ3v) is 8.10. The van der Waals surface area contributed by atoms with E-state index in [-0.39, 0.29) is 11.7 Å². The fourth-order valence-corrected chi connectivity index (χ4v) is 6.60. The van der Waals surface area contributed by atoms with Crippen molar-refractivity contribution < 1.29 is 13.2 Å². The summed E-state index contributed by atoms with van der Waals surface area (Å²) in [6.07, 6.45) is 6.16. The molecule has 0 radical (unpaired) electrons. The number of sulfonamides is 1. The number of aryl methyl sites for hydroxylation is 2. The van der Waals surface area contributed by atoms with Gasteiger partial charge in [0.25, 0.3) is 0 Å². The van der Waals surface area contributed by atoms with Gasteiger partial charge in [-0.25, -0.2) is 17.9 Å². The van der Waals surface area contributed by atoms with E-state index >= 15 is 0 Å². The molecular formula is C24H29N3O3S. The van der Waals surface area contributed by atoms with Gasteiger partial charge in [-0.05, 0) is 66.3 Å². The number of hydrogen-bond donors (Lipinski definition) is 2. The lowest BCUT2D eigenvalue weighted by Gasteiger charge is -2.39. The van der Waals surface area contributed by atoms with Gasteiger partial charge in [-0.2, -0.15) is 0 Å². The normalized spacial score (nSPS) is 18.3.